The van der Waals surface area contributed by atoms with Crippen LogP contribution in [-0.4, -0.2) is 48.1 Å². The van der Waals surface area contributed by atoms with Gasteiger partial charge in [-0.2, -0.15) is 0 Å². The monoisotopic (exact) mass is 642 g/mol. The minimum absolute atomic E-state index is 0.106. The normalized spacial score (nSPS) is 15.6. The van der Waals surface area contributed by atoms with Crippen molar-refractivity contribution in [2.45, 2.75) is 39.8 Å². The van der Waals surface area contributed by atoms with E-state index in [2.05, 4.69) is 4.98 Å². The Bertz CT molecular complexity index is 1770. The Balaban J connectivity index is 1.62. The van der Waals surface area contributed by atoms with Crippen LogP contribution in [0.5, 0.6) is 17.2 Å². The molecule has 1 saturated heterocycles. The molecule has 1 unspecified atom stereocenters. The SMILES string of the molecule is CCCOc1ccc(/C(O)=C2\C(=O)C(=O)N(c3nc(C)c(C(=O)OC)s3)C2c2ccc(OCc3ccccc3)c(OCC)c2)cc1. The lowest BCUT2D eigenvalue weighted by Gasteiger charge is -2.24. The Labute approximate surface area is 270 Å². The number of methoxy groups -OCH3 is 1. The minimum Gasteiger partial charge on any atom is -0.507 e. The van der Waals surface area contributed by atoms with E-state index < -0.39 is 23.7 Å². The molecular weight excluding hydrogens is 608 g/mol. The Morgan fingerprint density at radius 2 is 1.70 bits per heavy atom. The molecule has 2 heterocycles. The van der Waals surface area contributed by atoms with E-state index in [0.29, 0.717) is 53.9 Å². The highest BCUT2D eigenvalue weighted by Crippen LogP contribution is 2.45. The third kappa shape index (κ3) is 6.59. The van der Waals surface area contributed by atoms with Crippen molar-refractivity contribution in [1.82, 2.24) is 4.98 Å². The van der Waals surface area contributed by atoms with E-state index in [9.17, 15) is 19.5 Å². The summed E-state index contributed by atoms with van der Waals surface area (Å²) in [4.78, 5) is 45.7. The van der Waals surface area contributed by atoms with Crippen molar-refractivity contribution in [3.63, 3.8) is 0 Å². The van der Waals surface area contributed by atoms with Gasteiger partial charge in [0.05, 0.1) is 37.6 Å². The number of carbonyl (C=O) groups excluding carboxylic acids is 3. The number of aliphatic hydroxyl groups excluding tert-OH is 1. The predicted molar refractivity (Wildman–Crippen MR) is 174 cm³/mol. The molecule has 1 fully saturated rings. The van der Waals surface area contributed by atoms with Crippen LogP contribution in [0.2, 0.25) is 0 Å². The first-order chi connectivity index (χ1) is 22.3. The quantitative estimate of drug-likeness (QED) is 0.0785. The number of benzene rings is 3. The maximum atomic E-state index is 13.7. The number of amides is 1. The van der Waals surface area contributed by atoms with Crippen LogP contribution in [0.3, 0.4) is 0 Å². The van der Waals surface area contributed by atoms with Gasteiger partial charge in [-0.05, 0) is 67.8 Å². The fraction of sp³-hybridized carbons (Fsp3) is 0.257. The Hall–Kier alpha value is -5.16. The third-order valence-electron chi connectivity index (χ3n) is 7.23. The van der Waals surface area contributed by atoms with Crippen LogP contribution in [0.1, 0.15) is 58.4 Å². The number of aryl methyl sites for hydroxylation is 1. The van der Waals surface area contributed by atoms with Crippen LogP contribution in [0, 0.1) is 6.92 Å². The first kappa shape index (κ1) is 32.2. The summed E-state index contributed by atoms with van der Waals surface area (Å²) >= 11 is 0.927. The van der Waals surface area contributed by atoms with Crippen molar-refractivity contribution in [2.75, 3.05) is 25.2 Å². The van der Waals surface area contributed by atoms with Gasteiger partial charge in [-0.15, -0.1) is 0 Å². The average Bonchev–Trinajstić information content (AvgIpc) is 3.59. The zero-order valence-electron chi connectivity index (χ0n) is 25.9. The second-order valence-electron chi connectivity index (χ2n) is 10.4. The number of hydrogen-bond acceptors (Lipinski definition) is 10. The van der Waals surface area contributed by atoms with Gasteiger partial charge in [-0.3, -0.25) is 14.5 Å². The highest BCUT2D eigenvalue weighted by atomic mass is 32.1. The van der Waals surface area contributed by atoms with E-state index >= 15 is 0 Å². The maximum absolute atomic E-state index is 13.7. The molecule has 11 heteroatoms. The van der Waals surface area contributed by atoms with E-state index in [0.717, 1.165) is 23.3 Å². The Morgan fingerprint density at radius 1 is 0.957 bits per heavy atom. The number of nitrogens with zero attached hydrogens (tertiary/aromatic N) is 2. The van der Waals surface area contributed by atoms with Crippen molar-refractivity contribution in [3.05, 3.63) is 106 Å². The highest BCUT2D eigenvalue weighted by Gasteiger charge is 2.48. The molecule has 1 aliphatic rings. The fourth-order valence-electron chi connectivity index (χ4n) is 5.01. The maximum Gasteiger partial charge on any atom is 0.350 e. The zero-order chi connectivity index (χ0) is 32.8. The molecule has 4 aromatic rings. The number of hydrogen-bond donors (Lipinski definition) is 1. The lowest BCUT2D eigenvalue weighted by atomic mass is 9.95. The molecule has 0 aliphatic carbocycles. The number of aromatic nitrogens is 1. The average molecular weight is 643 g/mol. The van der Waals surface area contributed by atoms with E-state index in [4.69, 9.17) is 18.9 Å². The number of carbonyl (C=O) groups is 3. The number of aliphatic hydroxyl groups is 1. The van der Waals surface area contributed by atoms with Crippen molar-refractivity contribution in [2.24, 2.45) is 0 Å². The standard InChI is InChI=1S/C35H34N2O8S/c1-5-18-44-25-15-12-23(13-16-25)30(38)28-29(37(33(40)31(28)39)35-36-21(3)32(46-35)34(41)42-4)24-14-17-26(27(19-24)43-6-2)45-20-22-10-8-7-9-11-22/h7-17,19,29,38H,5-6,18,20H2,1-4H3/b30-28+. The summed E-state index contributed by atoms with van der Waals surface area (Å²) in [5.41, 5.74) is 1.96. The molecule has 1 amide bonds. The number of ketones is 1. The van der Waals surface area contributed by atoms with Crippen molar-refractivity contribution in [1.29, 1.82) is 0 Å². The number of anilines is 1. The summed E-state index contributed by atoms with van der Waals surface area (Å²) in [6, 6.07) is 20.3. The van der Waals surface area contributed by atoms with Crippen LogP contribution in [0.4, 0.5) is 5.13 Å². The summed E-state index contributed by atoms with van der Waals surface area (Å²) in [7, 11) is 1.25. The summed E-state index contributed by atoms with van der Waals surface area (Å²) in [5.74, 6) is -1.31. The molecule has 1 aromatic heterocycles. The lowest BCUT2D eigenvalue weighted by molar-refractivity contribution is -0.132. The number of thiazole rings is 1. The Kier molecular flexibility index (Phi) is 10.0. The van der Waals surface area contributed by atoms with Gasteiger partial charge in [0.25, 0.3) is 5.78 Å². The molecule has 46 heavy (non-hydrogen) atoms. The topological polar surface area (TPSA) is 124 Å². The summed E-state index contributed by atoms with van der Waals surface area (Å²) in [6.07, 6.45) is 0.832. The minimum atomic E-state index is -1.10. The molecule has 1 aliphatic heterocycles. The molecule has 0 spiro atoms. The zero-order valence-corrected chi connectivity index (χ0v) is 26.8. The van der Waals surface area contributed by atoms with Crippen LogP contribution < -0.4 is 19.1 Å². The fourth-order valence-corrected chi connectivity index (χ4v) is 6.03. The first-order valence-electron chi connectivity index (χ1n) is 14.8. The van der Waals surface area contributed by atoms with Gasteiger partial charge in [0, 0.05) is 5.56 Å². The number of ether oxygens (including phenoxy) is 4. The van der Waals surface area contributed by atoms with Gasteiger partial charge >= 0.3 is 11.9 Å². The molecule has 1 atom stereocenters. The molecule has 3 aromatic carbocycles. The third-order valence-corrected chi connectivity index (χ3v) is 8.36. The van der Waals surface area contributed by atoms with Gasteiger partial charge in [0.1, 0.15) is 23.0 Å². The first-order valence-corrected chi connectivity index (χ1v) is 15.6. The number of rotatable bonds is 12. The van der Waals surface area contributed by atoms with Crippen LogP contribution in [-0.2, 0) is 20.9 Å². The van der Waals surface area contributed by atoms with Gasteiger partial charge < -0.3 is 24.1 Å². The second-order valence-corrected chi connectivity index (χ2v) is 11.3. The van der Waals surface area contributed by atoms with Gasteiger partial charge in [-0.1, -0.05) is 54.7 Å². The molecule has 5 rings (SSSR count). The van der Waals surface area contributed by atoms with Crippen LogP contribution in [0.15, 0.2) is 78.4 Å². The van der Waals surface area contributed by atoms with Crippen molar-refractivity contribution >= 4 is 39.9 Å². The molecule has 10 nitrogen and oxygen atoms in total. The largest absolute Gasteiger partial charge is 0.507 e. The van der Waals surface area contributed by atoms with E-state index in [-0.39, 0.29) is 21.3 Å². The lowest BCUT2D eigenvalue weighted by Crippen LogP contribution is -2.29. The summed E-state index contributed by atoms with van der Waals surface area (Å²) in [6.45, 7) is 6.60. The molecular formula is C35H34N2O8S. The summed E-state index contributed by atoms with van der Waals surface area (Å²) < 4.78 is 22.6. The second kappa shape index (κ2) is 14.3. The van der Waals surface area contributed by atoms with Crippen molar-refractivity contribution < 1.29 is 38.4 Å². The molecule has 238 valence electrons. The number of Topliss-reactive ketones (excluding diaryl/α,β-unsaturated/α-hetero) is 1. The molecule has 0 saturated carbocycles. The Morgan fingerprint density at radius 3 is 2.37 bits per heavy atom. The van der Waals surface area contributed by atoms with E-state index in [1.54, 1.807) is 49.4 Å². The van der Waals surface area contributed by atoms with Gasteiger partial charge in [0.2, 0.25) is 0 Å². The highest BCUT2D eigenvalue weighted by molar-refractivity contribution is 7.17. The predicted octanol–water partition coefficient (Wildman–Crippen LogP) is 6.63. The number of esters is 1. The molecule has 1 N–H and O–H groups in total. The van der Waals surface area contributed by atoms with Crippen molar-refractivity contribution in [3.8, 4) is 17.2 Å². The van der Waals surface area contributed by atoms with Gasteiger partial charge in [-0.25, -0.2) is 9.78 Å². The molecule has 0 bridgehead atoms. The van der Waals surface area contributed by atoms with E-state index in [1.807, 2.05) is 44.2 Å². The van der Waals surface area contributed by atoms with Crippen LogP contribution in [0.25, 0.3) is 5.76 Å². The molecule has 0 radical (unpaired) electrons. The van der Waals surface area contributed by atoms with Gasteiger partial charge in [0.15, 0.2) is 16.6 Å². The smallest absolute Gasteiger partial charge is 0.350 e. The van der Waals surface area contributed by atoms with E-state index in [1.165, 1.54) is 12.0 Å². The van der Waals surface area contributed by atoms with Crippen LogP contribution >= 0.6 is 11.3 Å². The summed E-state index contributed by atoms with van der Waals surface area (Å²) in [5, 5.41) is 11.7.